The van der Waals surface area contributed by atoms with E-state index in [2.05, 4.69) is 17.3 Å². The molecule has 1 aliphatic rings. The minimum Gasteiger partial charge on any atom is -0.492 e. The van der Waals surface area contributed by atoms with Gasteiger partial charge in [-0.15, -0.1) is 0 Å². The van der Waals surface area contributed by atoms with Crippen LogP contribution in [-0.4, -0.2) is 50.3 Å². The maximum Gasteiger partial charge on any atom is 0.287 e. The van der Waals surface area contributed by atoms with Crippen LogP contribution >= 0.6 is 0 Å². The van der Waals surface area contributed by atoms with Crippen molar-refractivity contribution in [1.29, 1.82) is 0 Å². The molecule has 0 unspecified atom stereocenters. The number of rotatable bonds is 9. The number of carbonyl (C=O) groups is 1. The van der Waals surface area contributed by atoms with Crippen LogP contribution in [0.3, 0.4) is 0 Å². The van der Waals surface area contributed by atoms with Gasteiger partial charge in [0.2, 0.25) is 0 Å². The fraction of sp³-hybridized carbons (Fsp3) is 0.346. The van der Waals surface area contributed by atoms with E-state index in [1.54, 1.807) is 6.26 Å². The molecule has 1 aromatic heterocycles. The van der Waals surface area contributed by atoms with Gasteiger partial charge in [-0.25, -0.2) is 0 Å². The number of amides is 1. The summed E-state index contributed by atoms with van der Waals surface area (Å²) in [4.78, 5) is 15.1. The Morgan fingerprint density at radius 1 is 1.09 bits per heavy atom. The minimum atomic E-state index is -0.238. The third kappa shape index (κ3) is 5.78. The highest BCUT2D eigenvalue weighted by Crippen LogP contribution is 2.24. The van der Waals surface area contributed by atoms with E-state index in [0.717, 1.165) is 55.0 Å². The Bertz CT molecular complexity index is 996. The summed E-state index contributed by atoms with van der Waals surface area (Å²) in [5.74, 6) is 0.887. The minimum absolute atomic E-state index is 0.238. The molecule has 32 heavy (non-hydrogen) atoms. The zero-order valence-electron chi connectivity index (χ0n) is 18.5. The van der Waals surface area contributed by atoms with E-state index in [0.29, 0.717) is 25.0 Å². The highest BCUT2D eigenvalue weighted by atomic mass is 16.5. The van der Waals surface area contributed by atoms with Crippen molar-refractivity contribution in [3.63, 3.8) is 0 Å². The Hall–Kier alpha value is -3.09. The third-order valence-corrected chi connectivity index (χ3v) is 5.83. The first kappa shape index (κ1) is 22.1. The summed E-state index contributed by atoms with van der Waals surface area (Å²) < 4.78 is 16.9. The largest absolute Gasteiger partial charge is 0.492 e. The second-order valence-electron chi connectivity index (χ2n) is 8.03. The molecule has 0 spiro atoms. The molecule has 6 heteroatoms. The molecule has 0 atom stereocenters. The molecular weight excluding hydrogens is 404 g/mol. The summed E-state index contributed by atoms with van der Waals surface area (Å²) in [5.41, 5.74) is 2.71. The maximum absolute atomic E-state index is 12.7. The molecule has 168 valence electrons. The summed E-state index contributed by atoms with van der Waals surface area (Å²) in [6, 6.07) is 20.0. The molecule has 1 amide bonds. The lowest BCUT2D eigenvalue weighted by molar-refractivity contribution is 0.0392. The number of likely N-dealkylation sites (N-methyl/N-ethyl adjacent to an activating group) is 1. The number of furan rings is 1. The first-order chi connectivity index (χ1) is 15.7. The number of benzene rings is 2. The number of nitrogens with zero attached hydrogens (tertiary/aromatic N) is 1. The molecule has 0 saturated carbocycles. The van der Waals surface area contributed by atoms with Gasteiger partial charge in [0.1, 0.15) is 12.4 Å². The van der Waals surface area contributed by atoms with Crippen LogP contribution in [0.15, 0.2) is 71.3 Å². The van der Waals surface area contributed by atoms with Gasteiger partial charge >= 0.3 is 0 Å². The molecule has 1 aliphatic heterocycles. The van der Waals surface area contributed by atoms with Gasteiger partial charge in [-0.3, -0.25) is 9.69 Å². The number of ether oxygens (including phenoxy) is 2. The maximum atomic E-state index is 12.7. The summed E-state index contributed by atoms with van der Waals surface area (Å²) in [6.45, 7) is 3.57. The summed E-state index contributed by atoms with van der Waals surface area (Å²) in [5, 5.41) is 2.95. The van der Waals surface area contributed by atoms with Crippen molar-refractivity contribution in [2.45, 2.75) is 25.4 Å². The van der Waals surface area contributed by atoms with Crippen molar-refractivity contribution in [2.24, 2.45) is 0 Å². The van der Waals surface area contributed by atoms with Crippen molar-refractivity contribution < 1.29 is 18.7 Å². The van der Waals surface area contributed by atoms with E-state index in [-0.39, 0.29) is 5.91 Å². The van der Waals surface area contributed by atoms with E-state index >= 15 is 0 Å². The molecule has 0 radical (unpaired) electrons. The Morgan fingerprint density at radius 2 is 1.91 bits per heavy atom. The quantitative estimate of drug-likeness (QED) is 0.542. The van der Waals surface area contributed by atoms with Crippen molar-refractivity contribution in [3.05, 3.63) is 78.3 Å². The van der Waals surface area contributed by atoms with Crippen LogP contribution in [0.4, 0.5) is 0 Å². The second-order valence-corrected chi connectivity index (χ2v) is 8.03. The molecule has 0 aliphatic carbocycles. The molecule has 1 N–H and O–H groups in total. The fourth-order valence-corrected chi connectivity index (χ4v) is 3.95. The van der Waals surface area contributed by atoms with E-state index < -0.39 is 0 Å². The van der Waals surface area contributed by atoms with E-state index in [9.17, 15) is 4.79 Å². The zero-order chi connectivity index (χ0) is 22.2. The molecule has 4 rings (SSSR count). The van der Waals surface area contributed by atoms with Gasteiger partial charge in [-0.05, 0) is 49.2 Å². The number of carbonyl (C=O) groups excluding carboxylic acids is 1. The summed E-state index contributed by atoms with van der Waals surface area (Å²) >= 11 is 0. The molecule has 2 aromatic carbocycles. The lowest BCUT2D eigenvalue weighted by Gasteiger charge is -2.31. The van der Waals surface area contributed by atoms with Crippen molar-refractivity contribution in [2.75, 3.05) is 33.4 Å². The first-order valence-electron chi connectivity index (χ1n) is 11.1. The van der Waals surface area contributed by atoms with Crippen LogP contribution in [0.5, 0.6) is 5.75 Å². The SMILES string of the molecule is CN(CCOc1cccc(CNC(=O)c2occc2-c2ccccc2)c1)C1CCOCC1. The highest BCUT2D eigenvalue weighted by molar-refractivity contribution is 5.98. The molecule has 1 saturated heterocycles. The predicted molar refractivity (Wildman–Crippen MR) is 124 cm³/mol. The highest BCUT2D eigenvalue weighted by Gasteiger charge is 2.18. The fourth-order valence-electron chi connectivity index (χ4n) is 3.95. The zero-order valence-corrected chi connectivity index (χ0v) is 18.5. The van der Waals surface area contributed by atoms with E-state index in [1.807, 2.05) is 60.7 Å². The van der Waals surface area contributed by atoms with Crippen molar-refractivity contribution in [1.82, 2.24) is 10.2 Å². The van der Waals surface area contributed by atoms with Crippen LogP contribution in [0.1, 0.15) is 29.0 Å². The monoisotopic (exact) mass is 434 g/mol. The van der Waals surface area contributed by atoms with Crippen LogP contribution in [0.25, 0.3) is 11.1 Å². The Morgan fingerprint density at radius 3 is 2.72 bits per heavy atom. The smallest absolute Gasteiger partial charge is 0.287 e. The average molecular weight is 435 g/mol. The molecule has 6 nitrogen and oxygen atoms in total. The Labute approximate surface area is 189 Å². The molecule has 1 fully saturated rings. The standard InChI is InChI=1S/C26H30N2O4/c1-28(22-10-14-30-15-11-22)13-17-31-23-9-5-6-20(18-23)19-27-26(29)25-24(12-16-32-25)21-7-3-2-4-8-21/h2-9,12,16,18,22H,10-11,13-15,17,19H2,1H3,(H,27,29). The van der Waals surface area contributed by atoms with Crippen LogP contribution in [0, 0.1) is 0 Å². The van der Waals surface area contributed by atoms with Gasteiger partial charge in [0.15, 0.2) is 5.76 Å². The van der Waals surface area contributed by atoms with Gasteiger partial charge in [0.25, 0.3) is 5.91 Å². The lowest BCUT2D eigenvalue weighted by atomic mass is 10.1. The normalized spacial score (nSPS) is 14.4. The second kappa shape index (κ2) is 11.0. The topological polar surface area (TPSA) is 63.9 Å². The van der Waals surface area contributed by atoms with Gasteiger partial charge < -0.3 is 19.2 Å². The predicted octanol–water partition coefficient (Wildman–Crippen LogP) is 4.37. The summed E-state index contributed by atoms with van der Waals surface area (Å²) in [7, 11) is 2.14. The van der Waals surface area contributed by atoms with Gasteiger partial charge in [-0.2, -0.15) is 0 Å². The first-order valence-corrected chi connectivity index (χ1v) is 11.1. The van der Waals surface area contributed by atoms with Gasteiger partial charge in [0.05, 0.1) is 6.26 Å². The van der Waals surface area contributed by atoms with Crippen LogP contribution in [-0.2, 0) is 11.3 Å². The van der Waals surface area contributed by atoms with Crippen molar-refractivity contribution >= 4 is 5.91 Å². The van der Waals surface area contributed by atoms with E-state index in [1.165, 1.54) is 0 Å². The van der Waals surface area contributed by atoms with Crippen molar-refractivity contribution in [3.8, 4) is 16.9 Å². The van der Waals surface area contributed by atoms with Gasteiger partial charge in [0, 0.05) is 37.9 Å². The number of nitrogens with one attached hydrogen (secondary N) is 1. The average Bonchev–Trinajstić information content (AvgIpc) is 3.34. The van der Waals surface area contributed by atoms with Gasteiger partial charge in [-0.1, -0.05) is 42.5 Å². The molecule has 2 heterocycles. The Balaban J connectivity index is 1.28. The molecule has 3 aromatic rings. The lowest BCUT2D eigenvalue weighted by Crippen LogP contribution is -2.38. The third-order valence-electron chi connectivity index (χ3n) is 5.83. The number of hydrogen-bond acceptors (Lipinski definition) is 5. The van der Waals surface area contributed by atoms with E-state index in [4.69, 9.17) is 13.9 Å². The number of hydrogen-bond donors (Lipinski definition) is 1. The van der Waals surface area contributed by atoms with Crippen LogP contribution in [0.2, 0.25) is 0 Å². The Kier molecular flexibility index (Phi) is 7.59. The summed E-state index contributed by atoms with van der Waals surface area (Å²) in [6.07, 6.45) is 3.70. The molecular formula is C26H30N2O4. The van der Waals surface area contributed by atoms with Crippen LogP contribution < -0.4 is 10.1 Å². The molecule has 0 bridgehead atoms.